The summed E-state index contributed by atoms with van der Waals surface area (Å²) in [6.45, 7) is 4.18. The zero-order chi connectivity index (χ0) is 22.8. The van der Waals surface area contributed by atoms with Crippen molar-refractivity contribution in [2.45, 2.75) is 23.6 Å². The fourth-order valence-electron chi connectivity index (χ4n) is 3.03. The summed E-state index contributed by atoms with van der Waals surface area (Å²) in [7, 11) is 9.78. The van der Waals surface area contributed by atoms with E-state index in [1.807, 2.05) is 36.4 Å². The summed E-state index contributed by atoms with van der Waals surface area (Å²) in [5, 5.41) is 9.83. The zero-order valence-electron chi connectivity index (χ0n) is 17.8. The Morgan fingerprint density at radius 3 is 1.22 bits per heavy atom. The molecule has 0 amide bonds. The zero-order valence-corrected chi connectivity index (χ0v) is 21.7. The van der Waals surface area contributed by atoms with Gasteiger partial charge in [0.15, 0.2) is 0 Å². The molecule has 162 valence electrons. The molecule has 0 aliphatic heterocycles. The van der Waals surface area contributed by atoms with Crippen LogP contribution >= 0.6 is 30.4 Å². The molecule has 0 saturated heterocycles. The molecule has 2 nitrogen and oxygen atoms in total. The van der Waals surface area contributed by atoms with Gasteiger partial charge in [0.2, 0.25) is 0 Å². The van der Waals surface area contributed by atoms with Gasteiger partial charge in [0.05, 0.1) is 0 Å². The molecule has 0 N–H and O–H groups in total. The summed E-state index contributed by atoms with van der Waals surface area (Å²) in [6.07, 6.45) is 0. The molecule has 0 aliphatic carbocycles. The van der Waals surface area contributed by atoms with E-state index in [1.165, 1.54) is 11.1 Å². The average Bonchev–Trinajstić information content (AvgIpc) is 2.80. The molecule has 4 rings (SSSR count). The summed E-state index contributed by atoms with van der Waals surface area (Å²) >= 11 is 1.15. The van der Waals surface area contributed by atoms with Crippen LogP contribution in [0.2, 0.25) is 0 Å². The van der Waals surface area contributed by atoms with Crippen LogP contribution in [-0.2, 0) is 17.0 Å². The van der Waals surface area contributed by atoms with E-state index >= 15 is 0 Å². The van der Waals surface area contributed by atoms with Gasteiger partial charge in [-0.2, -0.15) is 0 Å². The van der Waals surface area contributed by atoms with Crippen molar-refractivity contribution in [3.05, 3.63) is 119 Å². The molecule has 4 aromatic carbocycles. The molecular weight excluding hydrogens is 491 g/mol. The Morgan fingerprint density at radius 2 is 0.844 bits per heavy atom. The van der Waals surface area contributed by atoms with E-state index in [4.69, 9.17) is 29.2 Å². The maximum absolute atomic E-state index is 4.91. The van der Waals surface area contributed by atoms with Crippen molar-refractivity contribution in [3.63, 3.8) is 0 Å². The Hall–Kier alpha value is -1.88. The molecule has 0 atom stereocenters. The van der Waals surface area contributed by atoms with Crippen LogP contribution in [0.1, 0.15) is 11.1 Å². The molecule has 6 heteroatoms. The van der Waals surface area contributed by atoms with Gasteiger partial charge in [-0.05, 0) is 35.8 Å². The summed E-state index contributed by atoms with van der Waals surface area (Å²) in [4.78, 5) is 2.23. The molecule has 0 unspecified atom stereocenters. The van der Waals surface area contributed by atoms with Gasteiger partial charge in [-0.25, -0.2) is 0 Å². The first-order valence-corrected chi connectivity index (χ1v) is 15.1. The van der Waals surface area contributed by atoms with Gasteiger partial charge in [0, 0.05) is 0 Å². The topological polar surface area (TPSA) is 28.2 Å². The van der Waals surface area contributed by atoms with Gasteiger partial charge >= 0.3 is 35.6 Å². The van der Waals surface area contributed by atoms with Crippen molar-refractivity contribution in [1.29, 1.82) is 0 Å². The normalized spacial score (nSPS) is 10.0. The minimum absolute atomic E-state index is 0.556. The Bertz CT molecular complexity index is 1060. The predicted molar refractivity (Wildman–Crippen MR) is 136 cm³/mol. The average molecular weight is 513 g/mol. The van der Waals surface area contributed by atoms with Gasteiger partial charge < -0.3 is 10.6 Å². The predicted octanol–water partition coefficient (Wildman–Crippen LogP) is 10.5. The van der Waals surface area contributed by atoms with Crippen LogP contribution < -0.4 is 0 Å². The van der Waals surface area contributed by atoms with Crippen LogP contribution in [0.3, 0.4) is 0 Å². The maximum atomic E-state index is 4.91. The number of rotatable bonds is 6. The Labute approximate surface area is 211 Å². The van der Waals surface area contributed by atoms with Crippen LogP contribution in [0.4, 0.5) is 22.7 Å². The van der Waals surface area contributed by atoms with Gasteiger partial charge in [0.25, 0.3) is 0 Å². The first kappa shape index (κ1) is 24.8. The molecule has 0 heterocycles. The number of halogens is 2. The van der Waals surface area contributed by atoms with Gasteiger partial charge in [-0.3, -0.25) is 0 Å². The van der Waals surface area contributed by atoms with Crippen LogP contribution in [0.25, 0.3) is 10.6 Å². The number of para-hydroxylation sites is 4. The van der Waals surface area contributed by atoms with Gasteiger partial charge in [-0.15, -0.1) is 22.7 Å². The summed E-state index contributed by atoms with van der Waals surface area (Å²) in [5.41, 5.74) is 6.27. The van der Waals surface area contributed by atoms with E-state index in [0.29, 0.717) is 0 Å². The van der Waals surface area contributed by atoms with Crippen molar-refractivity contribution in [2.75, 3.05) is 0 Å². The van der Waals surface area contributed by atoms with E-state index in [9.17, 15) is 0 Å². The molecule has 0 spiro atoms. The number of hydrogen-bond donors (Lipinski definition) is 0. The van der Waals surface area contributed by atoms with Crippen LogP contribution in [0.15, 0.2) is 107 Å². The standard InChI is InChI=1S/C26H22N2S.2ClH.Ti/c1-19-11-3-5-13-21(19)27-23-15-7-9-17-25(23)29-26-18-10-8-16-24(26)28-22-14-6-4-12-20(22)2;;;/h3-18H,1-2H3;2*1H;/q-2;;;+2/p-2. The summed E-state index contributed by atoms with van der Waals surface area (Å²) in [5.74, 6) is 0. The number of aryl methyl sites for hydroxylation is 2. The second-order valence-corrected chi connectivity index (χ2v) is 10.6. The van der Waals surface area contributed by atoms with Gasteiger partial charge in [-0.1, -0.05) is 108 Å². The SMILES string of the molecule is Cc1ccccc1[N-]c1ccccc1Sc1ccccc1[N-]c1ccccc1C.[Cl][Ti][Cl]. The molecule has 0 aliphatic rings. The summed E-state index contributed by atoms with van der Waals surface area (Å²) < 4.78 is 0. The van der Waals surface area contributed by atoms with Crippen molar-refractivity contribution in [1.82, 2.24) is 0 Å². The van der Waals surface area contributed by atoms with E-state index in [0.717, 1.165) is 32.5 Å². The molecular formula is C26H22Cl2N2STi-2. The third-order valence-electron chi connectivity index (χ3n) is 4.66. The third-order valence-corrected chi connectivity index (χ3v) is 5.79. The van der Waals surface area contributed by atoms with Crippen LogP contribution in [0, 0.1) is 13.8 Å². The van der Waals surface area contributed by atoms with E-state index < -0.39 is 17.0 Å². The molecule has 0 saturated carbocycles. The van der Waals surface area contributed by atoms with Gasteiger partial charge in [0.1, 0.15) is 0 Å². The number of benzene rings is 4. The van der Waals surface area contributed by atoms with E-state index in [1.54, 1.807) is 11.8 Å². The Kier molecular flexibility index (Phi) is 10.0. The molecule has 0 radical (unpaired) electrons. The molecule has 0 fully saturated rings. The van der Waals surface area contributed by atoms with E-state index in [2.05, 4.69) is 74.5 Å². The monoisotopic (exact) mass is 512 g/mol. The molecule has 0 bridgehead atoms. The molecule has 0 aromatic heterocycles. The first-order valence-electron chi connectivity index (χ1n) is 9.99. The minimum atomic E-state index is -0.556. The van der Waals surface area contributed by atoms with Crippen molar-refractivity contribution in [2.24, 2.45) is 0 Å². The Morgan fingerprint density at radius 1 is 0.531 bits per heavy atom. The first-order chi connectivity index (χ1) is 15.6. The number of nitrogens with zero attached hydrogens (tertiary/aromatic N) is 2. The van der Waals surface area contributed by atoms with E-state index in [-0.39, 0.29) is 0 Å². The summed E-state index contributed by atoms with van der Waals surface area (Å²) in [6, 6.07) is 33.0. The number of hydrogen-bond acceptors (Lipinski definition) is 1. The van der Waals surface area contributed by atoms with Crippen LogP contribution in [-0.4, -0.2) is 0 Å². The quantitative estimate of drug-likeness (QED) is 0.236. The van der Waals surface area contributed by atoms with Crippen LogP contribution in [0.5, 0.6) is 0 Å². The fraction of sp³-hybridized carbons (Fsp3) is 0.0769. The van der Waals surface area contributed by atoms with Crippen molar-refractivity contribution in [3.8, 4) is 0 Å². The fourth-order valence-corrected chi connectivity index (χ4v) is 3.99. The van der Waals surface area contributed by atoms with Crippen molar-refractivity contribution < 1.29 is 17.0 Å². The van der Waals surface area contributed by atoms with Crippen molar-refractivity contribution >= 4 is 53.1 Å². The second kappa shape index (κ2) is 13.0. The Balaban J connectivity index is 0.000000913. The molecule has 4 aromatic rings. The second-order valence-electron chi connectivity index (χ2n) is 6.91. The third kappa shape index (κ3) is 7.06. The molecule has 32 heavy (non-hydrogen) atoms.